The summed E-state index contributed by atoms with van der Waals surface area (Å²) in [6, 6.07) is 0. The molecule has 3 nitrogen and oxygen atoms in total. The van der Waals surface area contributed by atoms with Gasteiger partial charge in [0, 0.05) is 41.8 Å². The highest BCUT2D eigenvalue weighted by molar-refractivity contribution is 8.06. The molecule has 102 valence electrons. The third kappa shape index (κ3) is 4.86. The van der Waals surface area contributed by atoms with Gasteiger partial charge in [-0.3, -0.25) is 0 Å². The lowest BCUT2D eigenvalue weighted by Gasteiger charge is -2.20. The van der Waals surface area contributed by atoms with Crippen molar-refractivity contribution in [1.82, 2.24) is 14.9 Å². The van der Waals surface area contributed by atoms with Crippen molar-refractivity contribution in [2.24, 2.45) is 5.92 Å². The number of rotatable bonds is 6. The molecule has 2 heterocycles. The predicted octanol–water partition coefficient (Wildman–Crippen LogP) is 2.48. The van der Waals surface area contributed by atoms with Crippen molar-refractivity contribution < 1.29 is 0 Å². The van der Waals surface area contributed by atoms with Gasteiger partial charge in [-0.1, -0.05) is 13.8 Å². The molecule has 0 radical (unpaired) electrons. The number of nitrogens with one attached hydrogen (secondary N) is 1. The molecule has 1 N–H and O–H groups in total. The molecule has 0 amide bonds. The van der Waals surface area contributed by atoms with Crippen LogP contribution in [-0.2, 0) is 13.1 Å². The van der Waals surface area contributed by atoms with E-state index in [1.807, 2.05) is 6.33 Å². The van der Waals surface area contributed by atoms with Gasteiger partial charge in [0.15, 0.2) is 0 Å². The summed E-state index contributed by atoms with van der Waals surface area (Å²) in [6.07, 6.45) is 4.17. The number of thioether (sulfide) groups is 2. The van der Waals surface area contributed by atoms with E-state index in [4.69, 9.17) is 0 Å². The molecular formula is C13H23N3S2. The third-order valence-corrected chi connectivity index (χ3v) is 5.67. The summed E-state index contributed by atoms with van der Waals surface area (Å²) in [5, 5.41) is 4.19. The van der Waals surface area contributed by atoms with E-state index in [9.17, 15) is 0 Å². The van der Waals surface area contributed by atoms with Gasteiger partial charge in [0.25, 0.3) is 0 Å². The van der Waals surface area contributed by atoms with E-state index in [1.165, 1.54) is 17.3 Å². The molecule has 1 atom stereocenters. The van der Waals surface area contributed by atoms with Gasteiger partial charge < -0.3 is 9.88 Å². The van der Waals surface area contributed by atoms with E-state index >= 15 is 0 Å². The Morgan fingerprint density at radius 1 is 1.50 bits per heavy atom. The minimum Gasteiger partial charge on any atom is -0.336 e. The molecule has 1 aliphatic heterocycles. The standard InChI is InChI=1S/C13H23N3S2/c1-11(2)5-14-6-12-7-16(10-15-12)8-13-9-17-3-4-18-13/h7,10-11,13-14H,3-6,8-9H2,1-2H3. The SMILES string of the molecule is CC(C)CNCc1cn(CC2CSCCS2)cn1. The molecule has 5 heteroatoms. The van der Waals surface area contributed by atoms with Gasteiger partial charge in [-0.15, -0.1) is 0 Å². The van der Waals surface area contributed by atoms with Crippen LogP contribution >= 0.6 is 23.5 Å². The molecule has 1 saturated heterocycles. The maximum absolute atomic E-state index is 4.46. The molecule has 2 rings (SSSR count). The van der Waals surface area contributed by atoms with Gasteiger partial charge in [-0.2, -0.15) is 23.5 Å². The molecule has 0 saturated carbocycles. The van der Waals surface area contributed by atoms with Crippen molar-refractivity contribution in [3.05, 3.63) is 18.2 Å². The van der Waals surface area contributed by atoms with Crippen molar-refractivity contribution in [2.75, 3.05) is 23.8 Å². The first-order valence-electron chi connectivity index (χ1n) is 6.64. The topological polar surface area (TPSA) is 29.9 Å². The normalized spacial score (nSPS) is 20.5. The molecule has 1 fully saturated rings. The monoisotopic (exact) mass is 285 g/mol. The summed E-state index contributed by atoms with van der Waals surface area (Å²) in [6.45, 7) is 7.50. The van der Waals surface area contributed by atoms with E-state index in [0.717, 1.165) is 30.6 Å². The Bertz CT molecular complexity index is 346. The largest absolute Gasteiger partial charge is 0.336 e. The Labute approximate surface area is 119 Å². The lowest BCUT2D eigenvalue weighted by atomic mass is 10.2. The molecule has 0 bridgehead atoms. The second kappa shape index (κ2) is 7.46. The highest BCUT2D eigenvalue weighted by atomic mass is 32.2. The highest BCUT2D eigenvalue weighted by Crippen LogP contribution is 2.25. The van der Waals surface area contributed by atoms with Crippen LogP contribution in [0, 0.1) is 5.92 Å². The van der Waals surface area contributed by atoms with Crippen molar-refractivity contribution in [3.8, 4) is 0 Å². The minimum absolute atomic E-state index is 0.697. The van der Waals surface area contributed by atoms with Crippen molar-refractivity contribution >= 4 is 23.5 Å². The van der Waals surface area contributed by atoms with Crippen LogP contribution in [0.5, 0.6) is 0 Å². The molecule has 0 spiro atoms. The summed E-state index contributed by atoms with van der Waals surface area (Å²) in [5.74, 6) is 4.59. The lowest BCUT2D eigenvalue weighted by Crippen LogP contribution is -2.20. The van der Waals surface area contributed by atoms with E-state index in [2.05, 4.69) is 58.4 Å². The maximum Gasteiger partial charge on any atom is 0.0950 e. The van der Waals surface area contributed by atoms with Gasteiger partial charge in [-0.25, -0.2) is 4.98 Å². The predicted molar refractivity (Wildman–Crippen MR) is 82.3 cm³/mol. The molecular weight excluding hydrogens is 262 g/mol. The minimum atomic E-state index is 0.697. The average molecular weight is 285 g/mol. The highest BCUT2D eigenvalue weighted by Gasteiger charge is 2.14. The summed E-state index contributed by atoms with van der Waals surface area (Å²) < 4.78 is 2.25. The van der Waals surface area contributed by atoms with Crippen LogP contribution in [0.1, 0.15) is 19.5 Å². The van der Waals surface area contributed by atoms with Gasteiger partial charge >= 0.3 is 0 Å². The number of imidazole rings is 1. The first-order chi connectivity index (χ1) is 8.74. The Balaban J connectivity index is 1.74. The number of aromatic nitrogens is 2. The molecule has 1 aromatic rings. The van der Waals surface area contributed by atoms with E-state index < -0.39 is 0 Å². The van der Waals surface area contributed by atoms with Crippen LogP contribution in [0.25, 0.3) is 0 Å². The van der Waals surface area contributed by atoms with Gasteiger partial charge in [-0.05, 0) is 12.5 Å². The first-order valence-corrected chi connectivity index (χ1v) is 8.85. The Kier molecular flexibility index (Phi) is 5.92. The smallest absolute Gasteiger partial charge is 0.0950 e. The fourth-order valence-corrected chi connectivity index (χ4v) is 4.64. The molecule has 18 heavy (non-hydrogen) atoms. The Morgan fingerprint density at radius 2 is 2.39 bits per heavy atom. The fourth-order valence-electron chi connectivity index (χ4n) is 1.96. The summed E-state index contributed by atoms with van der Waals surface area (Å²) in [4.78, 5) is 4.46. The van der Waals surface area contributed by atoms with Crippen molar-refractivity contribution in [1.29, 1.82) is 0 Å². The van der Waals surface area contributed by atoms with Crippen LogP contribution in [0.4, 0.5) is 0 Å². The van der Waals surface area contributed by atoms with Gasteiger partial charge in [0.1, 0.15) is 0 Å². The Morgan fingerprint density at radius 3 is 3.11 bits per heavy atom. The number of hydrogen-bond donors (Lipinski definition) is 1. The zero-order valence-corrected chi connectivity index (χ0v) is 12.9. The maximum atomic E-state index is 4.46. The van der Waals surface area contributed by atoms with E-state index in [1.54, 1.807) is 0 Å². The number of hydrogen-bond acceptors (Lipinski definition) is 4. The van der Waals surface area contributed by atoms with E-state index in [-0.39, 0.29) is 0 Å². The van der Waals surface area contributed by atoms with Crippen molar-refractivity contribution in [3.63, 3.8) is 0 Å². The second-order valence-corrected chi connectivity index (χ2v) is 7.71. The van der Waals surface area contributed by atoms with E-state index in [0.29, 0.717) is 5.92 Å². The molecule has 1 aromatic heterocycles. The number of nitrogens with zero attached hydrogens (tertiary/aromatic N) is 2. The van der Waals surface area contributed by atoms with Crippen LogP contribution in [0.15, 0.2) is 12.5 Å². The van der Waals surface area contributed by atoms with Gasteiger partial charge in [0.2, 0.25) is 0 Å². The summed E-state index contributed by atoms with van der Waals surface area (Å²) in [5.41, 5.74) is 1.16. The fraction of sp³-hybridized carbons (Fsp3) is 0.769. The molecule has 0 aromatic carbocycles. The van der Waals surface area contributed by atoms with Gasteiger partial charge in [0.05, 0.1) is 12.0 Å². The molecule has 0 aliphatic carbocycles. The molecule has 1 unspecified atom stereocenters. The second-order valence-electron chi connectivity index (χ2n) is 5.15. The average Bonchev–Trinajstić information content (AvgIpc) is 2.78. The third-order valence-electron chi connectivity index (χ3n) is 2.84. The van der Waals surface area contributed by atoms with Crippen LogP contribution in [0.2, 0.25) is 0 Å². The quantitative estimate of drug-likeness (QED) is 0.870. The summed E-state index contributed by atoms with van der Waals surface area (Å²) in [7, 11) is 0. The van der Waals surface area contributed by atoms with Crippen LogP contribution in [-0.4, -0.2) is 38.6 Å². The first kappa shape index (κ1) is 14.3. The lowest BCUT2D eigenvalue weighted by molar-refractivity contribution is 0.548. The van der Waals surface area contributed by atoms with Crippen LogP contribution in [0.3, 0.4) is 0 Å². The zero-order valence-electron chi connectivity index (χ0n) is 11.3. The zero-order chi connectivity index (χ0) is 12.8. The molecule has 1 aliphatic rings. The summed E-state index contributed by atoms with van der Waals surface area (Å²) >= 11 is 4.18. The van der Waals surface area contributed by atoms with Crippen molar-refractivity contribution in [2.45, 2.75) is 32.2 Å². The van der Waals surface area contributed by atoms with Crippen LogP contribution < -0.4 is 5.32 Å². The Hall–Kier alpha value is -0.130.